The van der Waals surface area contributed by atoms with E-state index in [2.05, 4.69) is 16.3 Å². The number of nitrogens with zero attached hydrogens (tertiary/aromatic N) is 2. The predicted molar refractivity (Wildman–Crippen MR) is 59.3 cm³/mol. The van der Waals surface area contributed by atoms with Crippen molar-refractivity contribution in [2.24, 2.45) is 0 Å². The number of hydrogen-bond acceptors (Lipinski definition) is 4. The maximum atomic E-state index is 8.57. The minimum atomic E-state index is 0.603. The summed E-state index contributed by atoms with van der Waals surface area (Å²) in [6, 6.07) is 3.69. The molecule has 2 saturated heterocycles. The van der Waals surface area contributed by atoms with Gasteiger partial charge in [0.2, 0.25) is 0 Å². The number of thioether (sulfide) groups is 1. The van der Waals surface area contributed by atoms with Crippen molar-refractivity contribution in [1.82, 2.24) is 10.2 Å². The molecule has 2 aliphatic rings. The van der Waals surface area contributed by atoms with Gasteiger partial charge in [-0.15, -0.1) is 0 Å². The SMILES string of the molecule is N#CCN1CCC(NC2CSC2)CC1. The topological polar surface area (TPSA) is 39.1 Å². The van der Waals surface area contributed by atoms with E-state index >= 15 is 0 Å². The van der Waals surface area contributed by atoms with Crippen LogP contribution in [0.4, 0.5) is 0 Å². The van der Waals surface area contributed by atoms with Crippen LogP contribution in [0.5, 0.6) is 0 Å². The van der Waals surface area contributed by atoms with E-state index in [1.54, 1.807) is 0 Å². The molecule has 78 valence electrons. The molecule has 0 unspecified atom stereocenters. The monoisotopic (exact) mass is 211 g/mol. The molecule has 0 bridgehead atoms. The third-order valence-electron chi connectivity index (χ3n) is 2.99. The summed E-state index contributed by atoms with van der Waals surface area (Å²) >= 11 is 2.03. The van der Waals surface area contributed by atoms with Gasteiger partial charge in [0.15, 0.2) is 0 Å². The van der Waals surface area contributed by atoms with E-state index in [1.807, 2.05) is 11.8 Å². The lowest BCUT2D eigenvalue weighted by molar-refractivity contribution is 0.212. The molecular weight excluding hydrogens is 194 g/mol. The predicted octanol–water partition coefficient (Wildman–Crippen LogP) is 0.679. The molecule has 0 aliphatic carbocycles. The van der Waals surface area contributed by atoms with E-state index < -0.39 is 0 Å². The molecule has 0 atom stereocenters. The van der Waals surface area contributed by atoms with E-state index in [0.29, 0.717) is 12.6 Å². The number of nitriles is 1. The zero-order chi connectivity index (χ0) is 9.80. The van der Waals surface area contributed by atoms with E-state index in [4.69, 9.17) is 5.26 Å². The van der Waals surface area contributed by atoms with Crippen LogP contribution in [-0.4, -0.2) is 48.1 Å². The number of piperidine rings is 1. The molecule has 2 aliphatic heterocycles. The molecule has 0 spiro atoms. The minimum Gasteiger partial charge on any atom is -0.309 e. The molecule has 2 rings (SSSR count). The zero-order valence-corrected chi connectivity index (χ0v) is 9.22. The largest absolute Gasteiger partial charge is 0.309 e. The Morgan fingerprint density at radius 1 is 1.29 bits per heavy atom. The maximum absolute atomic E-state index is 8.57. The highest BCUT2D eigenvalue weighted by molar-refractivity contribution is 8.00. The second-order valence-electron chi connectivity index (χ2n) is 4.11. The Morgan fingerprint density at radius 3 is 2.50 bits per heavy atom. The number of rotatable bonds is 3. The molecule has 0 aromatic carbocycles. The highest BCUT2D eigenvalue weighted by Gasteiger charge is 2.24. The average Bonchev–Trinajstić information content (AvgIpc) is 2.14. The summed E-state index contributed by atoms with van der Waals surface area (Å²) < 4.78 is 0. The van der Waals surface area contributed by atoms with Gasteiger partial charge in [-0.05, 0) is 12.8 Å². The standard InChI is InChI=1S/C10H17N3S/c11-3-6-13-4-1-9(2-5-13)12-10-7-14-8-10/h9-10,12H,1-2,4-8H2. The Hall–Kier alpha value is -0.240. The van der Waals surface area contributed by atoms with Crippen molar-refractivity contribution in [2.75, 3.05) is 31.1 Å². The van der Waals surface area contributed by atoms with Crippen molar-refractivity contribution in [1.29, 1.82) is 5.26 Å². The van der Waals surface area contributed by atoms with Gasteiger partial charge < -0.3 is 5.32 Å². The lowest BCUT2D eigenvalue weighted by atomic mass is 10.0. The quantitative estimate of drug-likeness (QED) is 0.697. The van der Waals surface area contributed by atoms with Crippen LogP contribution in [0.25, 0.3) is 0 Å². The van der Waals surface area contributed by atoms with Crippen LogP contribution >= 0.6 is 11.8 Å². The van der Waals surface area contributed by atoms with Crippen molar-refractivity contribution in [2.45, 2.75) is 24.9 Å². The highest BCUT2D eigenvalue weighted by Crippen LogP contribution is 2.20. The first kappa shape index (κ1) is 10.3. The van der Waals surface area contributed by atoms with Gasteiger partial charge in [-0.2, -0.15) is 17.0 Å². The summed E-state index contributed by atoms with van der Waals surface area (Å²) in [4.78, 5) is 2.24. The number of likely N-dealkylation sites (tertiary alicyclic amines) is 1. The summed E-state index contributed by atoms with van der Waals surface area (Å²) in [6.45, 7) is 2.78. The normalized spacial score (nSPS) is 25.6. The first-order chi connectivity index (χ1) is 6.88. The second-order valence-corrected chi connectivity index (χ2v) is 5.18. The summed E-state index contributed by atoms with van der Waals surface area (Å²) in [5.74, 6) is 2.58. The Labute approximate surface area is 89.8 Å². The van der Waals surface area contributed by atoms with Gasteiger partial charge in [-0.1, -0.05) is 0 Å². The molecule has 4 heteroatoms. The van der Waals surface area contributed by atoms with Gasteiger partial charge in [0.05, 0.1) is 12.6 Å². The van der Waals surface area contributed by atoms with Crippen molar-refractivity contribution in [3.63, 3.8) is 0 Å². The van der Waals surface area contributed by atoms with Gasteiger partial charge in [-0.25, -0.2) is 0 Å². The third kappa shape index (κ3) is 2.63. The van der Waals surface area contributed by atoms with Crippen LogP contribution in [0.2, 0.25) is 0 Å². The maximum Gasteiger partial charge on any atom is 0.0866 e. The summed E-state index contributed by atoms with van der Waals surface area (Å²) in [5.41, 5.74) is 0. The van der Waals surface area contributed by atoms with Crippen molar-refractivity contribution < 1.29 is 0 Å². The molecule has 14 heavy (non-hydrogen) atoms. The van der Waals surface area contributed by atoms with Crippen LogP contribution < -0.4 is 5.32 Å². The molecule has 3 nitrogen and oxygen atoms in total. The van der Waals surface area contributed by atoms with Gasteiger partial charge in [0.25, 0.3) is 0 Å². The number of hydrogen-bond donors (Lipinski definition) is 1. The van der Waals surface area contributed by atoms with Crippen LogP contribution in [-0.2, 0) is 0 Å². The fourth-order valence-corrected chi connectivity index (χ4v) is 2.69. The molecule has 2 heterocycles. The fourth-order valence-electron chi connectivity index (χ4n) is 2.02. The van der Waals surface area contributed by atoms with Crippen LogP contribution in [0.3, 0.4) is 0 Å². The van der Waals surface area contributed by atoms with Crippen molar-refractivity contribution in [3.05, 3.63) is 0 Å². The van der Waals surface area contributed by atoms with E-state index in [0.717, 1.165) is 19.1 Å². The van der Waals surface area contributed by atoms with Gasteiger partial charge in [0.1, 0.15) is 0 Å². The first-order valence-corrected chi connectivity index (χ1v) is 6.47. The van der Waals surface area contributed by atoms with Crippen molar-refractivity contribution >= 4 is 11.8 Å². The highest BCUT2D eigenvalue weighted by atomic mass is 32.2. The van der Waals surface area contributed by atoms with E-state index in [1.165, 1.54) is 24.3 Å². The lowest BCUT2D eigenvalue weighted by Crippen LogP contribution is -2.50. The van der Waals surface area contributed by atoms with Crippen LogP contribution in [0.1, 0.15) is 12.8 Å². The zero-order valence-electron chi connectivity index (χ0n) is 8.41. The molecule has 0 aromatic rings. The minimum absolute atomic E-state index is 0.603. The Balaban J connectivity index is 1.65. The van der Waals surface area contributed by atoms with Gasteiger partial charge in [0, 0.05) is 36.7 Å². The van der Waals surface area contributed by atoms with E-state index in [-0.39, 0.29) is 0 Å². The Kier molecular flexibility index (Phi) is 3.68. The molecular formula is C10H17N3S. The van der Waals surface area contributed by atoms with E-state index in [9.17, 15) is 0 Å². The van der Waals surface area contributed by atoms with Crippen LogP contribution in [0, 0.1) is 11.3 Å². The summed E-state index contributed by atoms with van der Waals surface area (Å²) in [6.07, 6.45) is 2.42. The van der Waals surface area contributed by atoms with Gasteiger partial charge >= 0.3 is 0 Å². The summed E-state index contributed by atoms with van der Waals surface area (Å²) in [5, 5.41) is 12.3. The number of nitrogens with one attached hydrogen (secondary N) is 1. The Morgan fingerprint density at radius 2 is 2.00 bits per heavy atom. The smallest absolute Gasteiger partial charge is 0.0866 e. The fraction of sp³-hybridized carbons (Fsp3) is 0.900. The first-order valence-electron chi connectivity index (χ1n) is 5.31. The molecule has 0 saturated carbocycles. The van der Waals surface area contributed by atoms with Crippen molar-refractivity contribution in [3.8, 4) is 6.07 Å². The average molecular weight is 211 g/mol. The second kappa shape index (κ2) is 5.01. The molecule has 0 aromatic heterocycles. The third-order valence-corrected chi connectivity index (χ3v) is 4.27. The molecule has 0 amide bonds. The summed E-state index contributed by atoms with van der Waals surface area (Å²) in [7, 11) is 0. The molecule has 0 radical (unpaired) electrons. The Bertz CT molecular complexity index is 214. The van der Waals surface area contributed by atoms with Crippen LogP contribution in [0.15, 0.2) is 0 Å². The lowest BCUT2D eigenvalue weighted by Gasteiger charge is -2.36. The van der Waals surface area contributed by atoms with Gasteiger partial charge in [-0.3, -0.25) is 4.90 Å². The molecule has 1 N–H and O–H groups in total. The molecule has 2 fully saturated rings.